The zero-order valence-corrected chi connectivity index (χ0v) is 17.0. The lowest BCUT2D eigenvalue weighted by Crippen LogP contribution is -2.46. The molecule has 0 aliphatic heterocycles. The van der Waals surface area contributed by atoms with Crippen molar-refractivity contribution in [3.63, 3.8) is 0 Å². The summed E-state index contributed by atoms with van der Waals surface area (Å²) in [5.41, 5.74) is 2.96. The largest absolute Gasteiger partial charge is 0.459 e. The Labute approximate surface area is 167 Å². The highest BCUT2D eigenvalue weighted by Crippen LogP contribution is 2.28. The van der Waals surface area contributed by atoms with Crippen LogP contribution < -0.4 is 10.8 Å². The van der Waals surface area contributed by atoms with Crippen molar-refractivity contribution in [1.82, 2.24) is 10.8 Å². The monoisotopic (exact) mass is 388 g/mol. The fourth-order valence-electron chi connectivity index (χ4n) is 3.46. The molecular weight excluding hydrogens is 356 g/mol. The smallest absolute Gasteiger partial charge is 0.323 e. The molecule has 154 valence electrons. The third-order valence-electron chi connectivity index (χ3n) is 4.83. The van der Waals surface area contributed by atoms with Gasteiger partial charge in [0.1, 0.15) is 11.6 Å². The van der Waals surface area contributed by atoms with E-state index >= 15 is 0 Å². The molecule has 0 spiro atoms. The van der Waals surface area contributed by atoms with E-state index in [0.29, 0.717) is 12.5 Å². The Morgan fingerprint density at radius 2 is 1.82 bits per heavy atom. The summed E-state index contributed by atoms with van der Waals surface area (Å²) in [6, 6.07) is 7.39. The van der Waals surface area contributed by atoms with Crippen LogP contribution in [0.15, 0.2) is 30.3 Å². The van der Waals surface area contributed by atoms with Crippen LogP contribution in [0.1, 0.15) is 64.0 Å². The van der Waals surface area contributed by atoms with Gasteiger partial charge in [-0.15, -0.1) is 0 Å². The van der Waals surface area contributed by atoms with Crippen molar-refractivity contribution < 1.29 is 19.5 Å². The molecule has 0 aromatic heterocycles. The SMILES string of the molecule is CC(C)(C)OC(=O)[C@@H](NCc1ccc(/C=C/C(=O)NO)cc1)C1CCCCC1. The molecule has 2 rings (SSSR count). The van der Waals surface area contributed by atoms with E-state index in [1.165, 1.54) is 12.5 Å². The van der Waals surface area contributed by atoms with Crippen LogP contribution in [-0.2, 0) is 20.9 Å². The maximum atomic E-state index is 12.8. The molecule has 0 saturated heterocycles. The van der Waals surface area contributed by atoms with E-state index in [-0.39, 0.29) is 12.0 Å². The third kappa shape index (κ3) is 7.44. The lowest BCUT2D eigenvalue weighted by molar-refractivity contribution is -0.159. The lowest BCUT2D eigenvalue weighted by atomic mass is 9.83. The maximum Gasteiger partial charge on any atom is 0.323 e. The average Bonchev–Trinajstić information content (AvgIpc) is 2.66. The van der Waals surface area contributed by atoms with E-state index in [1.54, 1.807) is 11.6 Å². The van der Waals surface area contributed by atoms with Crippen LogP contribution in [-0.4, -0.2) is 28.7 Å². The zero-order chi connectivity index (χ0) is 20.6. The van der Waals surface area contributed by atoms with E-state index in [0.717, 1.165) is 36.8 Å². The standard InChI is InChI=1S/C22H32N2O4/c1-22(2,3)28-21(26)20(18-7-5-4-6-8-18)23-15-17-11-9-16(10-12-17)13-14-19(25)24-27/h9-14,18,20,23,27H,4-8,15H2,1-3H3,(H,24,25)/b14-13+/t20-/m0/s1. The normalized spacial score (nSPS) is 16.7. The summed E-state index contributed by atoms with van der Waals surface area (Å²) in [5.74, 6) is -0.435. The topological polar surface area (TPSA) is 87.7 Å². The van der Waals surface area contributed by atoms with E-state index in [2.05, 4.69) is 5.32 Å². The van der Waals surface area contributed by atoms with Gasteiger partial charge < -0.3 is 10.1 Å². The predicted molar refractivity (Wildman–Crippen MR) is 108 cm³/mol. The molecule has 1 aromatic rings. The second kappa shape index (κ2) is 10.4. The molecule has 1 aromatic carbocycles. The van der Waals surface area contributed by atoms with Crippen LogP contribution in [0.25, 0.3) is 6.08 Å². The summed E-state index contributed by atoms with van der Waals surface area (Å²) in [5, 5.41) is 11.9. The number of carbonyl (C=O) groups excluding carboxylic acids is 2. The van der Waals surface area contributed by atoms with Crippen molar-refractivity contribution in [1.29, 1.82) is 0 Å². The summed E-state index contributed by atoms with van der Waals surface area (Å²) >= 11 is 0. The molecule has 6 heteroatoms. The first-order valence-electron chi connectivity index (χ1n) is 9.96. The van der Waals surface area contributed by atoms with Gasteiger partial charge in [-0.2, -0.15) is 0 Å². The molecule has 1 saturated carbocycles. The number of benzene rings is 1. The molecule has 1 aliphatic carbocycles. The predicted octanol–water partition coefficient (Wildman–Crippen LogP) is 3.59. The molecule has 28 heavy (non-hydrogen) atoms. The maximum absolute atomic E-state index is 12.8. The van der Waals surface area contributed by atoms with E-state index < -0.39 is 11.5 Å². The van der Waals surface area contributed by atoms with Crippen molar-refractivity contribution >= 4 is 18.0 Å². The van der Waals surface area contributed by atoms with Gasteiger partial charge in [-0.25, -0.2) is 5.48 Å². The molecule has 0 heterocycles. The minimum atomic E-state index is -0.571. The average molecular weight is 389 g/mol. The number of rotatable bonds is 7. The van der Waals surface area contributed by atoms with Crippen LogP contribution in [0.2, 0.25) is 0 Å². The van der Waals surface area contributed by atoms with Crippen molar-refractivity contribution in [3.05, 3.63) is 41.5 Å². The van der Waals surface area contributed by atoms with Gasteiger partial charge in [0.2, 0.25) is 0 Å². The minimum Gasteiger partial charge on any atom is -0.459 e. The second-order valence-corrected chi connectivity index (χ2v) is 8.34. The molecule has 0 bridgehead atoms. The van der Waals surface area contributed by atoms with Gasteiger partial charge in [-0.05, 0) is 56.7 Å². The van der Waals surface area contributed by atoms with Gasteiger partial charge in [0.05, 0.1) is 0 Å². The summed E-state index contributed by atoms with van der Waals surface area (Å²) in [6.45, 7) is 6.26. The van der Waals surface area contributed by atoms with Crippen LogP contribution in [0.5, 0.6) is 0 Å². The Morgan fingerprint density at radius 3 is 2.39 bits per heavy atom. The summed E-state index contributed by atoms with van der Waals surface area (Å²) < 4.78 is 5.66. The highest BCUT2D eigenvalue weighted by molar-refractivity contribution is 5.90. The minimum absolute atomic E-state index is 0.172. The number of hydrogen-bond donors (Lipinski definition) is 3. The molecule has 1 aliphatic rings. The molecule has 6 nitrogen and oxygen atoms in total. The highest BCUT2D eigenvalue weighted by Gasteiger charge is 2.32. The molecule has 0 unspecified atom stereocenters. The lowest BCUT2D eigenvalue weighted by Gasteiger charge is -2.32. The van der Waals surface area contributed by atoms with Gasteiger partial charge in [0, 0.05) is 12.6 Å². The Balaban J connectivity index is 2.00. The highest BCUT2D eigenvalue weighted by atomic mass is 16.6. The van der Waals surface area contributed by atoms with E-state index in [1.807, 2.05) is 45.0 Å². The first-order valence-corrected chi connectivity index (χ1v) is 9.96. The number of esters is 1. The summed E-state index contributed by atoms with van der Waals surface area (Å²) in [4.78, 5) is 23.8. The number of nitrogens with one attached hydrogen (secondary N) is 2. The van der Waals surface area contributed by atoms with Crippen LogP contribution in [0.4, 0.5) is 0 Å². The molecule has 1 fully saturated rings. The number of carbonyl (C=O) groups is 2. The molecular formula is C22H32N2O4. The van der Waals surface area contributed by atoms with Gasteiger partial charge in [-0.3, -0.25) is 14.8 Å². The first-order chi connectivity index (χ1) is 13.3. The third-order valence-corrected chi connectivity index (χ3v) is 4.83. The molecule has 1 amide bonds. The second-order valence-electron chi connectivity index (χ2n) is 8.34. The van der Waals surface area contributed by atoms with Crippen molar-refractivity contribution in [2.75, 3.05) is 0 Å². The first kappa shape index (κ1) is 22.1. The number of ether oxygens (including phenoxy) is 1. The fourth-order valence-corrected chi connectivity index (χ4v) is 3.46. The van der Waals surface area contributed by atoms with Crippen LogP contribution in [0.3, 0.4) is 0 Å². The Kier molecular flexibility index (Phi) is 8.20. The summed E-state index contributed by atoms with van der Waals surface area (Å²) in [7, 11) is 0. The van der Waals surface area contributed by atoms with Gasteiger partial charge in [0.25, 0.3) is 5.91 Å². The van der Waals surface area contributed by atoms with Gasteiger partial charge in [-0.1, -0.05) is 43.5 Å². The quantitative estimate of drug-likeness (QED) is 0.288. The van der Waals surface area contributed by atoms with Gasteiger partial charge in [0.15, 0.2) is 0 Å². The van der Waals surface area contributed by atoms with Crippen molar-refractivity contribution in [3.8, 4) is 0 Å². The number of hydrogen-bond acceptors (Lipinski definition) is 5. The Bertz CT molecular complexity index is 671. The Hall–Kier alpha value is -2.18. The molecule has 1 atom stereocenters. The van der Waals surface area contributed by atoms with Crippen LogP contribution >= 0.6 is 0 Å². The fraction of sp³-hybridized carbons (Fsp3) is 0.545. The summed E-state index contributed by atoms with van der Waals surface area (Å²) in [6.07, 6.45) is 8.54. The van der Waals surface area contributed by atoms with Crippen molar-refractivity contribution in [2.24, 2.45) is 5.92 Å². The molecule has 0 radical (unpaired) electrons. The Morgan fingerprint density at radius 1 is 1.18 bits per heavy atom. The number of hydroxylamine groups is 1. The van der Waals surface area contributed by atoms with E-state index in [4.69, 9.17) is 9.94 Å². The van der Waals surface area contributed by atoms with E-state index in [9.17, 15) is 9.59 Å². The number of amides is 1. The van der Waals surface area contributed by atoms with Crippen molar-refractivity contribution in [2.45, 2.75) is 71.1 Å². The van der Waals surface area contributed by atoms with Gasteiger partial charge >= 0.3 is 5.97 Å². The van der Waals surface area contributed by atoms with Crippen LogP contribution in [0, 0.1) is 5.92 Å². The zero-order valence-electron chi connectivity index (χ0n) is 17.0. The molecule has 3 N–H and O–H groups in total.